The number of anilines is 3. The van der Waals surface area contributed by atoms with E-state index >= 15 is 0 Å². The van der Waals surface area contributed by atoms with Gasteiger partial charge < -0.3 is 10.6 Å². The second-order valence-electron chi connectivity index (χ2n) is 5.59. The highest BCUT2D eigenvalue weighted by Gasteiger charge is 2.36. The van der Waals surface area contributed by atoms with Gasteiger partial charge in [-0.1, -0.05) is 37.6 Å². The predicted molar refractivity (Wildman–Crippen MR) is 91.7 cm³/mol. The molecule has 0 saturated carbocycles. The van der Waals surface area contributed by atoms with Crippen molar-refractivity contribution >= 4 is 29.0 Å². The highest BCUT2D eigenvalue weighted by atomic mass is 19.1. The molecule has 0 spiro atoms. The second-order valence-corrected chi connectivity index (χ2v) is 5.59. The van der Waals surface area contributed by atoms with Gasteiger partial charge in [-0.15, -0.1) is 0 Å². The van der Waals surface area contributed by atoms with Crippen molar-refractivity contribution in [3.8, 4) is 0 Å². The number of nitrogens with zero attached hydrogens (tertiary/aromatic N) is 1. The number of nitrogens with one attached hydrogen (secondary N) is 2. The van der Waals surface area contributed by atoms with Gasteiger partial charge in [0.1, 0.15) is 11.9 Å². The SMILES string of the molecule is CCCC1C(=O)Nc2ccccc2N1C(=O)Nc1ccccc1F. The highest BCUT2D eigenvalue weighted by molar-refractivity contribution is 6.14. The van der Waals surface area contributed by atoms with Crippen LogP contribution >= 0.6 is 0 Å². The first-order chi connectivity index (χ1) is 11.6. The molecule has 0 bridgehead atoms. The van der Waals surface area contributed by atoms with Gasteiger partial charge in [0.15, 0.2) is 0 Å². The van der Waals surface area contributed by atoms with E-state index in [1.807, 2.05) is 6.92 Å². The fourth-order valence-electron chi connectivity index (χ4n) is 2.81. The quantitative estimate of drug-likeness (QED) is 0.895. The molecule has 1 atom stereocenters. The third-order valence-electron chi connectivity index (χ3n) is 3.93. The van der Waals surface area contributed by atoms with Gasteiger partial charge in [-0.3, -0.25) is 9.69 Å². The first kappa shape index (κ1) is 16.0. The summed E-state index contributed by atoms with van der Waals surface area (Å²) in [5.41, 5.74) is 1.25. The normalized spacial score (nSPS) is 16.3. The summed E-state index contributed by atoms with van der Waals surface area (Å²) in [6.45, 7) is 1.95. The molecule has 6 heteroatoms. The lowest BCUT2D eigenvalue weighted by molar-refractivity contribution is -0.117. The van der Waals surface area contributed by atoms with Gasteiger partial charge in [0.25, 0.3) is 0 Å². The van der Waals surface area contributed by atoms with Gasteiger partial charge in [-0.2, -0.15) is 0 Å². The summed E-state index contributed by atoms with van der Waals surface area (Å²) in [6.07, 6.45) is 1.26. The van der Waals surface area contributed by atoms with Crippen LogP contribution in [0.2, 0.25) is 0 Å². The Morgan fingerprint density at radius 2 is 1.92 bits per heavy atom. The zero-order valence-electron chi connectivity index (χ0n) is 13.3. The standard InChI is InChI=1S/C18H18FN3O2/c1-2-7-16-17(23)20-14-10-5-6-11-15(14)22(16)18(24)21-13-9-4-3-8-12(13)19/h3-6,8-11,16H,2,7H2,1H3,(H,20,23)(H,21,24). The average Bonchev–Trinajstić information content (AvgIpc) is 2.57. The van der Waals surface area contributed by atoms with Crippen molar-refractivity contribution in [1.29, 1.82) is 0 Å². The van der Waals surface area contributed by atoms with Crippen LogP contribution in [0.3, 0.4) is 0 Å². The van der Waals surface area contributed by atoms with Crippen LogP contribution in [0.25, 0.3) is 0 Å². The summed E-state index contributed by atoms with van der Waals surface area (Å²) < 4.78 is 13.8. The Bertz CT molecular complexity index is 778. The number of carbonyl (C=O) groups excluding carboxylic acids is 2. The average molecular weight is 327 g/mol. The zero-order valence-corrected chi connectivity index (χ0v) is 13.3. The summed E-state index contributed by atoms with van der Waals surface area (Å²) >= 11 is 0. The Balaban J connectivity index is 1.96. The number of benzene rings is 2. The number of fused-ring (bicyclic) bond motifs is 1. The number of carbonyl (C=O) groups is 2. The minimum absolute atomic E-state index is 0.0845. The third kappa shape index (κ3) is 2.95. The molecule has 3 rings (SSSR count). The minimum atomic E-state index is -0.628. The van der Waals surface area contributed by atoms with E-state index in [1.54, 1.807) is 36.4 Å². The maximum atomic E-state index is 13.8. The molecule has 24 heavy (non-hydrogen) atoms. The summed E-state index contributed by atoms with van der Waals surface area (Å²) in [6, 6.07) is 11.9. The van der Waals surface area contributed by atoms with Gasteiger partial charge in [-0.25, -0.2) is 9.18 Å². The van der Waals surface area contributed by atoms with Crippen LogP contribution in [0.15, 0.2) is 48.5 Å². The number of hydrogen-bond acceptors (Lipinski definition) is 2. The Labute approximate surface area is 139 Å². The maximum Gasteiger partial charge on any atom is 0.327 e. The highest BCUT2D eigenvalue weighted by Crippen LogP contribution is 2.33. The van der Waals surface area contributed by atoms with Crippen molar-refractivity contribution < 1.29 is 14.0 Å². The summed E-state index contributed by atoms with van der Waals surface area (Å²) in [4.78, 5) is 26.6. The van der Waals surface area contributed by atoms with E-state index in [0.717, 1.165) is 6.42 Å². The Morgan fingerprint density at radius 3 is 2.67 bits per heavy atom. The largest absolute Gasteiger partial charge is 0.327 e. The second kappa shape index (κ2) is 6.70. The number of para-hydroxylation sites is 3. The molecule has 1 aliphatic heterocycles. The molecule has 0 aliphatic carbocycles. The van der Waals surface area contributed by atoms with E-state index in [0.29, 0.717) is 17.8 Å². The van der Waals surface area contributed by atoms with Gasteiger partial charge in [0.2, 0.25) is 5.91 Å². The molecular weight excluding hydrogens is 309 g/mol. The van der Waals surface area contributed by atoms with Crippen molar-refractivity contribution in [3.05, 3.63) is 54.3 Å². The smallest absolute Gasteiger partial charge is 0.322 e. The van der Waals surface area contributed by atoms with Crippen LogP contribution < -0.4 is 15.5 Å². The molecule has 1 heterocycles. The number of urea groups is 1. The third-order valence-corrected chi connectivity index (χ3v) is 3.93. The number of rotatable bonds is 3. The molecule has 2 aromatic carbocycles. The monoisotopic (exact) mass is 327 g/mol. The maximum absolute atomic E-state index is 13.8. The molecule has 3 amide bonds. The van der Waals surface area contributed by atoms with Crippen molar-refractivity contribution in [3.63, 3.8) is 0 Å². The van der Waals surface area contributed by atoms with E-state index in [4.69, 9.17) is 0 Å². The molecule has 2 N–H and O–H groups in total. The molecule has 0 aromatic heterocycles. The fraction of sp³-hybridized carbons (Fsp3) is 0.222. The Hall–Kier alpha value is -2.89. The predicted octanol–water partition coefficient (Wildman–Crippen LogP) is 3.99. The van der Waals surface area contributed by atoms with Gasteiger partial charge in [0, 0.05) is 0 Å². The summed E-state index contributed by atoms with van der Waals surface area (Å²) in [5, 5.41) is 5.38. The lowest BCUT2D eigenvalue weighted by Gasteiger charge is -2.36. The van der Waals surface area contributed by atoms with Gasteiger partial charge >= 0.3 is 6.03 Å². The minimum Gasteiger partial charge on any atom is -0.322 e. The fourth-order valence-corrected chi connectivity index (χ4v) is 2.81. The molecule has 0 fully saturated rings. The van der Waals surface area contributed by atoms with Crippen molar-refractivity contribution in [2.45, 2.75) is 25.8 Å². The zero-order chi connectivity index (χ0) is 17.1. The van der Waals surface area contributed by atoms with Crippen LogP contribution in [-0.4, -0.2) is 18.0 Å². The first-order valence-corrected chi connectivity index (χ1v) is 7.86. The van der Waals surface area contributed by atoms with E-state index < -0.39 is 17.9 Å². The van der Waals surface area contributed by atoms with Crippen LogP contribution in [0.1, 0.15) is 19.8 Å². The van der Waals surface area contributed by atoms with Crippen molar-refractivity contribution in [1.82, 2.24) is 0 Å². The Morgan fingerprint density at radius 1 is 1.21 bits per heavy atom. The molecule has 2 aromatic rings. The van der Waals surface area contributed by atoms with Crippen LogP contribution in [0, 0.1) is 5.82 Å². The molecule has 0 saturated heterocycles. The molecule has 5 nitrogen and oxygen atoms in total. The van der Waals surface area contributed by atoms with Crippen LogP contribution in [0.4, 0.5) is 26.2 Å². The van der Waals surface area contributed by atoms with E-state index in [9.17, 15) is 14.0 Å². The van der Waals surface area contributed by atoms with E-state index in [2.05, 4.69) is 10.6 Å². The summed E-state index contributed by atoms with van der Waals surface area (Å²) in [7, 11) is 0. The van der Waals surface area contributed by atoms with Crippen LogP contribution in [0.5, 0.6) is 0 Å². The molecule has 0 radical (unpaired) electrons. The number of hydrogen-bond donors (Lipinski definition) is 2. The van der Waals surface area contributed by atoms with Crippen molar-refractivity contribution in [2.75, 3.05) is 15.5 Å². The Kier molecular flexibility index (Phi) is 4.46. The lowest BCUT2D eigenvalue weighted by Crippen LogP contribution is -2.52. The molecule has 124 valence electrons. The van der Waals surface area contributed by atoms with E-state index in [1.165, 1.54) is 17.0 Å². The first-order valence-electron chi connectivity index (χ1n) is 7.86. The summed E-state index contributed by atoms with van der Waals surface area (Å²) in [5.74, 6) is -0.758. The molecular formula is C18H18FN3O2. The van der Waals surface area contributed by atoms with Crippen molar-refractivity contribution in [2.24, 2.45) is 0 Å². The lowest BCUT2D eigenvalue weighted by atomic mass is 10.0. The van der Waals surface area contributed by atoms with Gasteiger partial charge in [-0.05, 0) is 30.7 Å². The molecule has 1 unspecified atom stereocenters. The topological polar surface area (TPSA) is 61.4 Å². The van der Waals surface area contributed by atoms with E-state index in [-0.39, 0.29) is 11.6 Å². The number of amides is 3. The molecule has 1 aliphatic rings. The van der Waals surface area contributed by atoms with Gasteiger partial charge in [0.05, 0.1) is 17.1 Å². The number of halogens is 1. The van der Waals surface area contributed by atoms with Crippen LogP contribution in [-0.2, 0) is 4.79 Å².